The summed E-state index contributed by atoms with van der Waals surface area (Å²) in [7, 11) is 0. The first-order valence-electron chi connectivity index (χ1n) is 7.77. The van der Waals surface area contributed by atoms with Crippen molar-refractivity contribution in [3.8, 4) is 0 Å². The fraction of sp³-hybridized carbons (Fsp3) is 0.882. The Balaban J connectivity index is 5.03. The zero-order valence-corrected chi connectivity index (χ0v) is 14.7. The van der Waals surface area contributed by atoms with Crippen LogP contribution in [0.2, 0.25) is 0 Å². The van der Waals surface area contributed by atoms with Gasteiger partial charge in [0.1, 0.15) is 0 Å². The lowest BCUT2D eigenvalue weighted by molar-refractivity contribution is -0.161. The van der Waals surface area contributed by atoms with Crippen molar-refractivity contribution in [2.45, 2.75) is 67.7 Å². The number of rotatable bonds is 8. The molecule has 0 heterocycles. The van der Waals surface area contributed by atoms with Crippen molar-refractivity contribution in [1.82, 2.24) is 0 Å². The first-order chi connectivity index (χ1) is 9.38. The van der Waals surface area contributed by atoms with Crippen LogP contribution in [0.25, 0.3) is 0 Å². The second-order valence-electron chi connectivity index (χ2n) is 8.18. The minimum atomic E-state index is -1.02. The third-order valence-corrected chi connectivity index (χ3v) is 3.20. The van der Waals surface area contributed by atoms with E-state index in [9.17, 15) is 14.7 Å². The van der Waals surface area contributed by atoms with E-state index in [1.54, 1.807) is 0 Å². The summed E-state index contributed by atoms with van der Waals surface area (Å²) in [6, 6.07) is 0. The van der Waals surface area contributed by atoms with Gasteiger partial charge in [-0.3, -0.25) is 9.59 Å². The van der Waals surface area contributed by atoms with E-state index in [1.165, 1.54) is 0 Å². The Morgan fingerprint density at radius 3 is 1.71 bits per heavy atom. The van der Waals surface area contributed by atoms with Gasteiger partial charge in [-0.25, -0.2) is 0 Å². The number of carboxylic acids is 1. The van der Waals surface area contributed by atoms with E-state index in [1.807, 2.05) is 48.5 Å². The average molecular weight is 300 g/mol. The van der Waals surface area contributed by atoms with Crippen LogP contribution in [-0.4, -0.2) is 23.7 Å². The molecule has 0 aromatic carbocycles. The van der Waals surface area contributed by atoms with Crippen molar-refractivity contribution >= 4 is 11.9 Å². The molecule has 0 aromatic rings. The van der Waals surface area contributed by atoms with Crippen LogP contribution in [0, 0.1) is 22.7 Å². The minimum Gasteiger partial charge on any atom is -0.481 e. The maximum Gasteiger partial charge on any atom is 0.310 e. The summed E-state index contributed by atoms with van der Waals surface area (Å²) in [5.74, 6) is -0.864. The smallest absolute Gasteiger partial charge is 0.310 e. The third kappa shape index (κ3) is 8.08. The Hall–Kier alpha value is -1.06. The molecule has 0 aliphatic carbocycles. The maximum absolute atomic E-state index is 12.1. The molecule has 0 spiro atoms. The van der Waals surface area contributed by atoms with Crippen LogP contribution in [0.1, 0.15) is 67.7 Å². The molecule has 0 bridgehead atoms. The Morgan fingerprint density at radius 2 is 1.43 bits per heavy atom. The monoisotopic (exact) mass is 300 g/mol. The summed E-state index contributed by atoms with van der Waals surface area (Å²) in [5.41, 5.74) is -1.13. The Labute approximate surface area is 129 Å². The normalized spacial score (nSPS) is 12.8. The van der Waals surface area contributed by atoms with Crippen LogP contribution in [0.3, 0.4) is 0 Å². The summed E-state index contributed by atoms with van der Waals surface area (Å²) in [6.45, 7) is 14.2. The van der Waals surface area contributed by atoms with Gasteiger partial charge in [0.05, 0.1) is 18.4 Å². The van der Waals surface area contributed by atoms with E-state index in [-0.39, 0.29) is 23.7 Å². The van der Waals surface area contributed by atoms with E-state index < -0.39 is 17.4 Å². The van der Waals surface area contributed by atoms with Crippen molar-refractivity contribution in [2.24, 2.45) is 22.7 Å². The van der Waals surface area contributed by atoms with E-state index in [4.69, 9.17) is 4.74 Å². The number of carboxylic acid groups (broad SMARTS) is 1. The van der Waals surface area contributed by atoms with Gasteiger partial charge >= 0.3 is 11.9 Å². The summed E-state index contributed by atoms with van der Waals surface area (Å²) >= 11 is 0. The van der Waals surface area contributed by atoms with Gasteiger partial charge in [0.15, 0.2) is 0 Å². The molecule has 0 fully saturated rings. The summed E-state index contributed by atoms with van der Waals surface area (Å²) in [6.07, 6.45) is 0.936. The molecule has 0 aliphatic rings. The van der Waals surface area contributed by atoms with Crippen LogP contribution in [0.5, 0.6) is 0 Å². The van der Waals surface area contributed by atoms with Gasteiger partial charge in [0.2, 0.25) is 0 Å². The highest BCUT2D eigenvalue weighted by molar-refractivity contribution is 5.82. The molecular formula is C17H32O4. The topological polar surface area (TPSA) is 63.6 Å². The lowest BCUT2D eigenvalue weighted by Crippen LogP contribution is -2.37. The first-order valence-corrected chi connectivity index (χ1v) is 7.77. The SMILES string of the molecule is CC(C)CC(CC(=O)OCC(C)(C)C)(CC(C)C)C(=O)O. The zero-order valence-electron chi connectivity index (χ0n) is 14.7. The fourth-order valence-electron chi connectivity index (χ4n) is 2.67. The molecule has 0 amide bonds. The minimum absolute atomic E-state index is 0.0469. The average Bonchev–Trinajstić information content (AvgIpc) is 2.23. The quantitative estimate of drug-likeness (QED) is 0.685. The van der Waals surface area contributed by atoms with Crippen LogP contribution in [0.4, 0.5) is 0 Å². The largest absolute Gasteiger partial charge is 0.481 e. The summed E-state index contributed by atoms with van der Waals surface area (Å²) < 4.78 is 5.27. The predicted octanol–water partition coefficient (Wildman–Crippen LogP) is 4.13. The predicted molar refractivity (Wildman–Crippen MR) is 84.0 cm³/mol. The zero-order chi connectivity index (χ0) is 16.8. The first kappa shape index (κ1) is 19.9. The van der Waals surface area contributed by atoms with Gasteiger partial charge < -0.3 is 9.84 Å². The number of carbonyl (C=O) groups excluding carboxylic acids is 1. The molecule has 0 aromatic heterocycles. The molecule has 0 radical (unpaired) electrons. The summed E-state index contributed by atoms with van der Waals surface area (Å²) in [4.78, 5) is 23.9. The standard InChI is InChI=1S/C17H32O4/c1-12(2)8-17(15(19)20,9-13(3)4)10-14(18)21-11-16(5,6)7/h12-13H,8-11H2,1-7H3,(H,19,20). The van der Waals surface area contributed by atoms with Crippen LogP contribution < -0.4 is 0 Å². The number of aliphatic carboxylic acids is 1. The van der Waals surface area contributed by atoms with Gasteiger partial charge in [-0.05, 0) is 30.1 Å². The van der Waals surface area contributed by atoms with E-state index in [2.05, 4.69) is 0 Å². The highest BCUT2D eigenvalue weighted by atomic mass is 16.5. The molecule has 124 valence electrons. The van der Waals surface area contributed by atoms with Crippen LogP contribution >= 0.6 is 0 Å². The molecular weight excluding hydrogens is 268 g/mol. The molecule has 0 atom stereocenters. The Bertz CT molecular complexity index is 340. The number of ether oxygens (including phenoxy) is 1. The molecule has 1 N–H and O–H groups in total. The highest BCUT2D eigenvalue weighted by Gasteiger charge is 2.42. The molecule has 0 unspecified atom stereocenters. The highest BCUT2D eigenvalue weighted by Crippen LogP contribution is 2.38. The molecule has 0 saturated heterocycles. The second-order valence-corrected chi connectivity index (χ2v) is 8.18. The van der Waals surface area contributed by atoms with E-state index in [0.717, 1.165) is 0 Å². The number of esters is 1. The lowest BCUT2D eigenvalue weighted by Gasteiger charge is -2.32. The van der Waals surface area contributed by atoms with E-state index in [0.29, 0.717) is 19.4 Å². The molecule has 21 heavy (non-hydrogen) atoms. The third-order valence-electron chi connectivity index (χ3n) is 3.20. The number of hydrogen-bond donors (Lipinski definition) is 1. The van der Waals surface area contributed by atoms with Gasteiger partial charge in [-0.2, -0.15) is 0 Å². The Kier molecular flexibility index (Phi) is 7.41. The molecule has 0 saturated carbocycles. The van der Waals surface area contributed by atoms with Crippen molar-refractivity contribution in [2.75, 3.05) is 6.61 Å². The molecule has 0 aliphatic heterocycles. The van der Waals surface area contributed by atoms with Crippen molar-refractivity contribution < 1.29 is 19.4 Å². The van der Waals surface area contributed by atoms with Crippen molar-refractivity contribution in [3.63, 3.8) is 0 Å². The number of hydrogen-bond acceptors (Lipinski definition) is 3. The molecule has 4 nitrogen and oxygen atoms in total. The van der Waals surface area contributed by atoms with Gasteiger partial charge in [0.25, 0.3) is 0 Å². The Morgan fingerprint density at radius 1 is 1.00 bits per heavy atom. The lowest BCUT2D eigenvalue weighted by atomic mass is 9.72. The second kappa shape index (κ2) is 7.81. The van der Waals surface area contributed by atoms with Gasteiger partial charge in [-0.1, -0.05) is 48.5 Å². The molecule has 0 rings (SSSR count). The summed E-state index contributed by atoms with van der Waals surface area (Å²) in [5, 5.41) is 9.69. The maximum atomic E-state index is 12.1. The fourth-order valence-corrected chi connectivity index (χ4v) is 2.67. The van der Waals surface area contributed by atoms with Crippen molar-refractivity contribution in [3.05, 3.63) is 0 Å². The van der Waals surface area contributed by atoms with Crippen LogP contribution in [-0.2, 0) is 14.3 Å². The van der Waals surface area contributed by atoms with Gasteiger partial charge in [0, 0.05) is 0 Å². The van der Waals surface area contributed by atoms with E-state index >= 15 is 0 Å². The molecule has 4 heteroatoms. The van der Waals surface area contributed by atoms with Gasteiger partial charge in [-0.15, -0.1) is 0 Å². The van der Waals surface area contributed by atoms with Crippen molar-refractivity contribution in [1.29, 1.82) is 0 Å². The number of carbonyl (C=O) groups is 2. The van der Waals surface area contributed by atoms with Crippen LogP contribution in [0.15, 0.2) is 0 Å².